The number of amides is 1. The summed E-state index contributed by atoms with van der Waals surface area (Å²) < 4.78 is 9.93. The van der Waals surface area contributed by atoms with Crippen LogP contribution in [0, 0.1) is 0 Å². The summed E-state index contributed by atoms with van der Waals surface area (Å²) in [6.07, 6.45) is 2.79. The second-order valence-corrected chi connectivity index (χ2v) is 3.61. The Hall–Kier alpha value is -1.73. The Balaban J connectivity index is 2.73. The van der Waals surface area contributed by atoms with Crippen molar-refractivity contribution in [3.63, 3.8) is 0 Å². The number of rotatable bonds is 7. The molecule has 0 aliphatic rings. The average molecular weight is 254 g/mol. The first-order valence-corrected chi connectivity index (χ1v) is 5.53. The van der Waals surface area contributed by atoms with Gasteiger partial charge in [-0.05, 0) is 0 Å². The number of aromatic nitrogens is 2. The molecule has 0 bridgehead atoms. The van der Waals surface area contributed by atoms with E-state index in [4.69, 9.17) is 15.2 Å². The molecule has 0 spiro atoms. The fourth-order valence-electron chi connectivity index (χ4n) is 1.36. The Kier molecular flexibility index (Phi) is 6.03. The number of anilines is 1. The molecule has 100 valence electrons. The van der Waals surface area contributed by atoms with Gasteiger partial charge in [-0.3, -0.25) is 9.78 Å². The molecule has 0 aliphatic carbocycles. The third kappa shape index (κ3) is 4.27. The summed E-state index contributed by atoms with van der Waals surface area (Å²) >= 11 is 0. The van der Waals surface area contributed by atoms with Crippen molar-refractivity contribution < 1.29 is 14.3 Å². The SMILES string of the molecule is COCCN(CCOC)C(=O)c1cncc(N)n1. The van der Waals surface area contributed by atoms with Crippen molar-refractivity contribution in [2.24, 2.45) is 0 Å². The van der Waals surface area contributed by atoms with Crippen LogP contribution in [0.25, 0.3) is 0 Å². The monoisotopic (exact) mass is 254 g/mol. The maximum absolute atomic E-state index is 12.2. The van der Waals surface area contributed by atoms with Crippen LogP contribution >= 0.6 is 0 Å². The molecular weight excluding hydrogens is 236 g/mol. The third-order valence-corrected chi connectivity index (χ3v) is 2.29. The molecule has 0 saturated heterocycles. The summed E-state index contributed by atoms with van der Waals surface area (Å²) in [5.74, 6) is -0.0109. The number of nitrogen functional groups attached to an aromatic ring is 1. The van der Waals surface area contributed by atoms with Crippen molar-refractivity contribution in [1.82, 2.24) is 14.9 Å². The van der Waals surface area contributed by atoms with Crippen LogP contribution in [-0.4, -0.2) is 61.3 Å². The van der Waals surface area contributed by atoms with Crippen molar-refractivity contribution in [3.05, 3.63) is 18.1 Å². The molecule has 0 atom stereocenters. The largest absolute Gasteiger partial charge is 0.383 e. The molecule has 0 unspecified atom stereocenters. The van der Waals surface area contributed by atoms with Crippen LogP contribution in [-0.2, 0) is 9.47 Å². The number of hydrogen-bond donors (Lipinski definition) is 1. The summed E-state index contributed by atoms with van der Waals surface area (Å²) in [4.78, 5) is 21.6. The van der Waals surface area contributed by atoms with Gasteiger partial charge < -0.3 is 20.1 Å². The number of ether oxygens (including phenoxy) is 2. The van der Waals surface area contributed by atoms with Gasteiger partial charge in [0.25, 0.3) is 5.91 Å². The molecule has 1 amide bonds. The lowest BCUT2D eigenvalue weighted by molar-refractivity contribution is 0.0621. The molecule has 1 rings (SSSR count). The smallest absolute Gasteiger partial charge is 0.274 e. The van der Waals surface area contributed by atoms with E-state index in [1.54, 1.807) is 19.1 Å². The number of nitrogens with zero attached hydrogens (tertiary/aromatic N) is 3. The fourth-order valence-corrected chi connectivity index (χ4v) is 1.36. The maximum atomic E-state index is 12.2. The highest BCUT2D eigenvalue weighted by Crippen LogP contribution is 2.03. The third-order valence-electron chi connectivity index (χ3n) is 2.29. The number of carbonyl (C=O) groups is 1. The number of hydrogen-bond acceptors (Lipinski definition) is 6. The van der Waals surface area contributed by atoms with Crippen molar-refractivity contribution in [3.8, 4) is 0 Å². The van der Waals surface area contributed by atoms with Gasteiger partial charge in [0, 0.05) is 27.3 Å². The predicted molar refractivity (Wildman–Crippen MR) is 66.1 cm³/mol. The summed E-state index contributed by atoms with van der Waals surface area (Å²) in [7, 11) is 3.17. The minimum absolute atomic E-state index is 0.222. The average Bonchev–Trinajstić information content (AvgIpc) is 2.38. The molecule has 1 aromatic rings. The molecule has 0 fully saturated rings. The number of nitrogens with two attached hydrogens (primary N) is 1. The van der Waals surface area contributed by atoms with E-state index in [9.17, 15) is 4.79 Å². The molecule has 0 aromatic carbocycles. The zero-order chi connectivity index (χ0) is 13.4. The van der Waals surface area contributed by atoms with Crippen LogP contribution in [0.4, 0.5) is 5.82 Å². The van der Waals surface area contributed by atoms with E-state index in [1.807, 2.05) is 0 Å². The summed E-state index contributed by atoms with van der Waals surface area (Å²) in [6.45, 7) is 1.83. The van der Waals surface area contributed by atoms with Gasteiger partial charge in [-0.25, -0.2) is 4.98 Å². The molecular formula is C11H18N4O3. The van der Waals surface area contributed by atoms with Gasteiger partial charge in [-0.2, -0.15) is 0 Å². The van der Waals surface area contributed by atoms with Crippen LogP contribution in [0.15, 0.2) is 12.4 Å². The van der Waals surface area contributed by atoms with E-state index >= 15 is 0 Å². The Bertz CT molecular complexity index is 378. The summed E-state index contributed by atoms with van der Waals surface area (Å²) in [6, 6.07) is 0. The Morgan fingerprint density at radius 2 is 1.89 bits per heavy atom. The molecule has 1 heterocycles. The van der Waals surface area contributed by atoms with E-state index in [0.717, 1.165) is 0 Å². The first-order chi connectivity index (χ1) is 8.69. The lowest BCUT2D eigenvalue weighted by Gasteiger charge is -2.21. The molecule has 7 nitrogen and oxygen atoms in total. The van der Waals surface area contributed by atoms with Crippen molar-refractivity contribution in [1.29, 1.82) is 0 Å². The number of methoxy groups -OCH3 is 2. The normalized spacial score (nSPS) is 10.3. The lowest BCUT2D eigenvalue weighted by Crippen LogP contribution is -2.37. The zero-order valence-corrected chi connectivity index (χ0v) is 10.6. The van der Waals surface area contributed by atoms with E-state index in [0.29, 0.717) is 26.3 Å². The molecule has 18 heavy (non-hydrogen) atoms. The number of carbonyl (C=O) groups excluding carboxylic acids is 1. The second kappa shape index (κ2) is 7.57. The molecule has 0 radical (unpaired) electrons. The van der Waals surface area contributed by atoms with E-state index < -0.39 is 0 Å². The Labute approximate surface area is 106 Å². The highest BCUT2D eigenvalue weighted by molar-refractivity contribution is 5.92. The van der Waals surface area contributed by atoms with E-state index in [2.05, 4.69) is 9.97 Å². The Morgan fingerprint density at radius 1 is 1.28 bits per heavy atom. The van der Waals surface area contributed by atoms with Crippen LogP contribution < -0.4 is 5.73 Å². The van der Waals surface area contributed by atoms with Gasteiger partial charge in [0.1, 0.15) is 11.5 Å². The van der Waals surface area contributed by atoms with Gasteiger partial charge in [0.05, 0.1) is 25.6 Å². The van der Waals surface area contributed by atoms with Gasteiger partial charge in [0.15, 0.2) is 0 Å². The van der Waals surface area contributed by atoms with E-state index in [-0.39, 0.29) is 17.4 Å². The van der Waals surface area contributed by atoms with Crippen molar-refractivity contribution in [2.45, 2.75) is 0 Å². The van der Waals surface area contributed by atoms with Crippen LogP contribution in [0.1, 0.15) is 10.5 Å². The molecule has 7 heteroatoms. The van der Waals surface area contributed by atoms with Crippen LogP contribution in [0.2, 0.25) is 0 Å². The second-order valence-electron chi connectivity index (χ2n) is 3.61. The molecule has 0 aliphatic heterocycles. The Morgan fingerprint density at radius 3 is 2.39 bits per heavy atom. The van der Waals surface area contributed by atoms with Gasteiger partial charge in [-0.15, -0.1) is 0 Å². The standard InChI is InChI=1S/C11H18N4O3/c1-17-5-3-15(4-6-18-2)11(16)9-7-13-8-10(12)14-9/h7-8H,3-6H2,1-2H3,(H2,12,14). The highest BCUT2D eigenvalue weighted by Gasteiger charge is 2.17. The summed E-state index contributed by atoms with van der Waals surface area (Å²) in [5, 5.41) is 0. The minimum atomic E-state index is -0.232. The van der Waals surface area contributed by atoms with Gasteiger partial charge >= 0.3 is 0 Å². The maximum Gasteiger partial charge on any atom is 0.274 e. The van der Waals surface area contributed by atoms with Crippen LogP contribution in [0.5, 0.6) is 0 Å². The highest BCUT2D eigenvalue weighted by atomic mass is 16.5. The lowest BCUT2D eigenvalue weighted by atomic mass is 10.3. The van der Waals surface area contributed by atoms with Crippen molar-refractivity contribution in [2.75, 3.05) is 46.3 Å². The molecule has 2 N–H and O–H groups in total. The topological polar surface area (TPSA) is 90.6 Å². The summed E-state index contributed by atoms with van der Waals surface area (Å²) in [5.41, 5.74) is 5.73. The van der Waals surface area contributed by atoms with E-state index in [1.165, 1.54) is 12.4 Å². The predicted octanol–water partition coefficient (Wildman–Crippen LogP) is -0.206. The molecule has 0 saturated carbocycles. The zero-order valence-electron chi connectivity index (χ0n) is 10.6. The quantitative estimate of drug-likeness (QED) is 0.724. The van der Waals surface area contributed by atoms with Gasteiger partial charge in [0.2, 0.25) is 0 Å². The minimum Gasteiger partial charge on any atom is -0.383 e. The molecule has 1 aromatic heterocycles. The van der Waals surface area contributed by atoms with Crippen molar-refractivity contribution >= 4 is 11.7 Å². The fraction of sp³-hybridized carbons (Fsp3) is 0.545. The van der Waals surface area contributed by atoms with Crippen LogP contribution in [0.3, 0.4) is 0 Å². The first kappa shape index (κ1) is 14.3. The first-order valence-electron chi connectivity index (χ1n) is 5.53. The van der Waals surface area contributed by atoms with Gasteiger partial charge in [-0.1, -0.05) is 0 Å².